The van der Waals surface area contributed by atoms with Crippen molar-refractivity contribution in [3.8, 4) is 0 Å². The van der Waals surface area contributed by atoms with Gasteiger partial charge in [-0.1, -0.05) is 41.5 Å². The Morgan fingerprint density at radius 2 is 1.23 bits per heavy atom. The van der Waals surface area contributed by atoms with Gasteiger partial charge in [-0.15, -0.1) is 0 Å². The van der Waals surface area contributed by atoms with Gasteiger partial charge in [0, 0.05) is 0 Å². The third-order valence-electron chi connectivity index (χ3n) is 4.69. The van der Waals surface area contributed by atoms with Crippen molar-refractivity contribution in [3.63, 3.8) is 0 Å². The fraction of sp³-hybridized carbons (Fsp3) is 1.00. The largest absolute Gasteiger partial charge is 0.166 e. The van der Waals surface area contributed by atoms with Crippen LogP contribution in [0.1, 0.15) is 41.5 Å². The van der Waals surface area contributed by atoms with E-state index in [9.17, 15) is 0 Å². The lowest BCUT2D eigenvalue weighted by molar-refractivity contribution is 0.406. The molecule has 0 nitrogen and oxygen atoms in total. The van der Waals surface area contributed by atoms with Crippen LogP contribution in [0.15, 0.2) is 0 Å². The van der Waals surface area contributed by atoms with Gasteiger partial charge in [0.1, 0.15) is 0 Å². The van der Waals surface area contributed by atoms with E-state index in [0.717, 1.165) is 22.9 Å². The van der Waals surface area contributed by atoms with Crippen molar-refractivity contribution in [2.24, 2.45) is 11.8 Å². The Hall–Kier alpha value is 0.507. The zero-order valence-electron chi connectivity index (χ0n) is 9.76. The standard InChI is InChI=1S/C11H23ClSi/c1-7(2)13(12)10(5)8(3)9(4)11(13)6/h7-11H,1-6H3/t8-,9?,10?,11?,13?/m0/s1. The first-order chi connectivity index (χ1) is 5.83. The smallest absolute Gasteiger partial charge is 0.165 e. The second-order valence-electron chi connectivity index (χ2n) is 5.28. The lowest BCUT2D eigenvalue weighted by atomic mass is 9.92. The molecule has 1 fully saturated rings. The molecule has 0 spiro atoms. The number of rotatable bonds is 1. The zero-order chi connectivity index (χ0) is 10.4. The number of hydrogen-bond donors (Lipinski definition) is 0. The third kappa shape index (κ3) is 1.48. The fourth-order valence-electron chi connectivity index (χ4n) is 3.18. The molecule has 1 rings (SSSR count). The summed E-state index contributed by atoms with van der Waals surface area (Å²) in [6.07, 6.45) is 0. The lowest BCUT2D eigenvalue weighted by Gasteiger charge is -2.33. The molecule has 0 aliphatic carbocycles. The normalized spacial score (nSPS) is 51.7. The van der Waals surface area contributed by atoms with Crippen LogP contribution in [0.4, 0.5) is 0 Å². The lowest BCUT2D eigenvalue weighted by Crippen LogP contribution is -2.36. The summed E-state index contributed by atoms with van der Waals surface area (Å²) in [6.45, 7) is 14.2. The van der Waals surface area contributed by atoms with Gasteiger partial charge in [0.15, 0.2) is 7.38 Å². The minimum absolute atomic E-state index is 0.714. The summed E-state index contributed by atoms with van der Waals surface area (Å²) < 4.78 is 0. The summed E-state index contributed by atoms with van der Waals surface area (Å²) >= 11 is 6.94. The molecule has 1 aliphatic rings. The summed E-state index contributed by atoms with van der Waals surface area (Å²) in [5, 5.41) is 0. The van der Waals surface area contributed by atoms with Crippen LogP contribution in [0.5, 0.6) is 0 Å². The fourth-order valence-corrected chi connectivity index (χ4v) is 9.53. The van der Waals surface area contributed by atoms with Crippen LogP contribution in [0.25, 0.3) is 0 Å². The Labute approximate surface area is 88.8 Å². The van der Waals surface area contributed by atoms with E-state index in [1.165, 1.54) is 0 Å². The van der Waals surface area contributed by atoms with Gasteiger partial charge < -0.3 is 0 Å². The number of halogens is 1. The Kier molecular flexibility index (Phi) is 3.19. The topological polar surface area (TPSA) is 0 Å². The SMILES string of the molecule is CC1C(C)[Si](Cl)(C(C)C)C(C)[C@H]1C. The maximum atomic E-state index is 6.94. The molecule has 0 N–H and O–H groups in total. The molecule has 1 saturated heterocycles. The second-order valence-corrected chi connectivity index (χ2v) is 11.9. The number of hydrogen-bond acceptors (Lipinski definition) is 0. The van der Waals surface area contributed by atoms with Gasteiger partial charge in [0.2, 0.25) is 0 Å². The minimum atomic E-state index is -1.52. The van der Waals surface area contributed by atoms with E-state index in [-0.39, 0.29) is 0 Å². The van der Waals surface area contributed by atoms with Gasteiger partial charge in [0.25, 0.3) is 0 Å². The van der Waals surface area contributed by atoms with Crippen molar-refractivity contribution in [1.82, 2.24) is 0 Å². The first-order valence-corrected chi connectivity index (χ1v) is 8.76. The molecule has 2 heteroatoms. The highest BCUT2D eigenvalue weighted by molar-refractivity contribution is 7.22. The van der Waals surface area contributed by atoms with E-state index >= 15 is 0 Å². The monoisotopic (exact) mass is 218 g/mol. The van der Waals surface area contributed by atoms with Crippen LogP contribution >= 0.6 is 11.1 Å². The van der Waals surface area contributed by atoms with Crippen LogP contribution in [-0.4, -0.2) is 7.38 Å². The van der Waals surface area contributed by atoms with Gasteiger partial charge in [-0.2, -0.15) is 11.1 Å². The molecule has 78 valence electrons. The molecule has 0 radical (unpaired) electrons. The van der Waals surface area contributed by atoms with Gasteiger partial charge >= 0.3 is 0 Å². The predicted octanol–water partition coefficient (Wildman–Crippen LogP) is 4.65. The van der Waals surface area contributed by atoms with E-state index in [2.05, 4.69) is 41.5 Å². The summed E-state index contributed by atoms with van der Waals surface area (Å²) in [6, 6.07) is 0. The minimum Gasteiger partial charge on any atom is -0.166 e. The molecule has 4 unspecified atom stereocenters. The van der Waals surface area contributed by atoms with Crippen LogP contribution in [0, 0.1) is 11.8 Å². The molecular weight excluding hydrogens is 196 g/mol. The van der Waals surface area contributed by atoms with E-state index in [0.29, 0.717) is 5.54 Å². The highest BCUT2D eigenvalue weighted by Gasteiger charge is 2.55. The van der Waals surface area contributed by atoms with Gasteiger partial charge in [-0.3, -0.25) is 0 Å². The van der Waals surface area contributed by atoms with Crippen LogP contribution in [0.3, 0.4) is 0 Å². The maximum Gasteiger partial charge on any atom is 0.165 e. The Morgan fingerprint density at radius 3 is 1.38 bits per heavy atom. The Balaban J connectivity index is 2.98. The van der Waals surface area contributed by atoms with Crippen molar-refractivity contribution in [3.05, 3.63) is 0 Å². The molecule has 0 saturated carbocycles. The molecular formula is C11H23ClSi. The van der Waals surface area contributed by atoms with E-state index < -0.39 is 7.38 Å². The van der Waals surface area contributed by atoms with Crippen molar-refractivity contribution in [2.75, 3.05) is 0 Å². The maximum absolute atomic E-state index is 6.94. The average molecular weight is 219 g/mol. The molecule has 5 atom stereocenters. The predicted molar refractivity (Wildman–Crippen MR) is 63.9 cm³/mol. The van der Waals surface area contributed by atoms with Crippen molar-refractivity contribution >= 4 is 18.5 Å². The Morgan fingerprint density at radius 1 is 0.923 bits per heavy atom. The first-order valence-electron chi connectivity index (χ1n) is 5.52. The van der Waals surface area contributed by atoms with Crippen LogP contribution in [0.2, 0.25) is 16.6 Å². The van der Waals surface area contributed by atoms with Gasteiger partial charge in [0.05, 0.1) is 0 Å². The van der Waals surface area contributed by atoms with Gasteiger partial charge in [-0.25, -0.2) is 0 Å². The van der Waals surface area contributed by atoms with Crippen molar-refractivity contribution < 1.29 is 0 Å². The van der Waals surface area contributed by atoms with Crippen LogP contribution < -0.4 is 0 Å². The first kappa shape index (κ1) is 11.6. The molecule has 1 aliphatic heterocycles. The van der Waals surface area contributed by atoms with Crippen LogP contribution in [-0.2, 0) is 0 Å². The van der Waals surface area contributed by atoms with Crippen molar-refractivity contribution in [1.29, 1.82) is 0 Å². The third-order valence-corrected chi connectivity index (χ3v) is 13.7. The Bertz CT molecular complexity index is 177. The molecule has 0 bridgehead atoms. The molecule has 0 aromatic heterocycles. The van der Waals surface area contributed by atoms with E-state index in [4.69, 9.17) is 11.1 Å². The summed E-state index contributed by atoms with van der Waals surface area (Å²) in [7, 11) is -1.52. The van der Waals surface area contributed by atoms with Gasteiger partial charge in [-0.05, 0) is 28.5 Å². The highest BCUT2D eigenvalue weighted by Crippen LogP contribution is 2.59. The molecule has 13 heavy (non-hydrogen) atoms. The quantitative estimate of drug-likeness (QED) is 0.444. The molecule has 1 heterocycles. The highest BCUT2D eigenvalue weighted by atomic mass is 35.6. The molecule has 0 aromatic carbocycles. The van der Waals surface area contributed by atoms with E-state index in [1.807, 2.05) is 0 Å². The summed E-state index contributed by atoms with van der Waals surface area (Å²) in [4.78, 5) is 0. The summed E-state index contributed by atoms with van der Waals surface area (Å²) in [5.74, 6) is 1.64. The second kappa shape index (κ2) is 3.58. The zero-order valence-corrected chi connectivity index (χ0v) is 11.5. The molecule has 0 aromatic rings. The molecule has 0 amide bonds. The summed E-state index contributed by atoms with van der Waals surface area (Å²) in [5.41, 5.74) is 2.27. The van der Waals surface area contributed by atoms with E-state index in [1.54, 1.807) is 0 Å². The average Bonchev–Trinajstić information content (AvgIpc) is 2.22. The van der Waals surface area contributed by atoms with Crippen molar-refractivity contribution in [2.45, 2.75) is 58.2 Å².